The van der Waals surface area contributed by atoms with E-state index in [1.165, 1.54) is 18.4 Å². The molecular formula is C12H16ClNO3S. The minimum atomic E-state index is -0.427. The highest BCUT2D eigenvalue weighted by Gasteiger charge is 2.18. The van der Waals surface area contributed by atoms with E-state index >= 15 is 0 Å². The van der Waals surface area contributed by atoms with E-state index in [-0.39, 0.29) is 5.91 Å². The van der Waals surface area contributed by atoms with Crippen LogP contribution in [0.4, 0.5) is 5.69 Å². The van der Waals surface area contributed by atoms with Crippen molar-refractivity contribution in [2.24, 2.45) is 0 Å². The van der Waals surface area contributed by atoms with Crippen LogP contribution in [0.2, 0.25) is 0 Å². The molecule has 6 heteroatoms. The third kappa shape index (κ3) is 3.99. The molecule has 0 bridgehead atoms. The van der Waals surface area contributed by atoms with E-state index < -0.39 is 5.97 Å². The van der Waals surface area contributed by atoms with E-state index in [1.807, 2.05) is 12.3 Å². The number of hydrogen-bond acceptors (Lipinski definition) is 4. The molecule has 0 aliphatic rings. The summed E-state index contributed by atoms with van der Waals surface area (Å²) in [6.07, 6.45) is 1.95. The maximum absolute atomic E-state index is 11.7. The Labute approximate surface area is 115 Å². The van der Waals surface area contributed by atoms with Crippen LogP contribution in [-0.4, -0.2) is 24.9 Å². The second kappa shape index (κ2) is 7.38. The molecule has 1 rings (SSSR count). The van der Waals surface area contributed by atoms with Gasteiger partial charge in [0.1, 0.15) is 4.88 Å². The van der Waals surface area contributed by atoms with E-state index in [9.17, 15) is 9.59 Å². The van der Waals surface area contributed by atoms with E-state index in [2.05, 4.69) is 10.1 Å². The van der Waals surface area contributed by atoms with E-state index in [4.69, 9.17) is 11.6 Å². The van der Waals surface area contributed by atoms with Gasteiger partial charge in [0, 0.05) is 12.3 Å². The van der Waals surface area contributed by atoms with Gasteiger partial charge in [-0.05, 0) is 30.7 Å². The molecule has 0 atom stereocenters. The summed E-state index contributed by atoms with van der Waals surface area (Å²) in [7, 11) is 1.32. The van der Waals surface area contributed by atoms with Gasteiger partial charge in [0.05, 0.1) is 12.8 Å². The first-order chi connectivity index (χ1) is 8.60. The fraction of sp³-hybridized carbons (Fsp3) is 0.500. The maximum Gasteiger partial charge on any atom is 0.350 e. The Morgan fingerprint density at radius 3 is 2.78 bits per heavy atom. The standard InChI is InChI=1S/C12H16ClNO3S/c1-8-7-18-11(12(16)17-2)10(8)14-9(15)5-3-4-6-13/h7H,3-6H2,1-2H3,(H,14,15). The van der Waals surface area contributed by atoms with E-state index in [1.54, 1.807) is 0 Å². The first kappa shape index (κ1) is 15.0. The number of amides is 1. The third-order valence-electron chi connectivity index (χ3n) is 2.40. The van der Waals surface area contributed by atoms with Crippen molar-refractivity contribution < 1.29 is 14.3 Å². The molecule has 0 saturated heterocycles. The average Bonchev–Trinajstić information content (AvgIpc) is 2.71. The molecule has 18 heavy (non-hydrogen) atoms. The lowest BCUT2D eigenvalue weighted by Gasteiger charge is -2.06. The fourth-order valence-electron chi connectivity index (χ4n) is 1.42. The first-order valence-corrected chi connectivity index (χ1v) is 7.03. The molecule has 0 aliphatic carbocycles. The van der Waals surface area contributed by atoms with Gasteiger partial charge < -0.3 is 10.1 Å². The molecule has 100 valence electrons. The number of methoxy groups -OCH3 is 1. The maximum atomic E-state index is 11.7. The number of alkyl halides is 1. The van der Waals surface area contributed by atoms with Crippen LogP contribution in [0.15, 0.2) is 5.38 Å². The number of unbranched alkanes of at least 4 members (excludes halogenated alkanes) is 1. The Kier molecular flexibility index (Phi) is 6.15. The van der Waals surface area contributed by atoms with Crippen LogP contribution in [0.3, 0.4) is 0 Å². The van der Waals surface area contributed by atoms with Gasteiger partial charge in [-0.2, -0.15) is 0 Å². The van der Waals surface area contributed by atoms with Gasteiger partial charge in [0.2, 0.25) is 5.91 Å². The van der Waals surface area contributed by atoms with Crippen LogP contribution in [0.1, 0.15) is 34.5 Å². The van der Waals surface area contributed by atoms with Crippen molar-refractivity contribution in [1.29, 1.82) is 0 Å². The van der Waals surface area contributed by atoms with Crippen molar-refractivity contribution in [3.8, 4) is 0 Å². The van der Waals surface area contributed by atoms with Gasteiger partial charge in [-0.1, -0.05) is 0 Å². The molecule has 1 aromatic heterocycles. The van der Waals surface area contributed by atoms with E-state index in [0.29, 0.717) is 22.9 Å². The van der Waals surface area contributed by atoms with Crippen LogP contribution < -0.4 is 5.32 Å². The minimum Gasteiger partial charge on any atom is -0.465 e. The normalized spacial score (nSPS) is 10.2. The highest BCUT2D eigenvalue weighted by molar-refractivity contribution is 7.12. The summed E-state index contributed by atoms with van der Waals surface area (Å²) >= 11 is 6.82. The van der Waals surface area contributed by atoms with Gasteiger partial charge in [-0.3, -0.25) is 4.79 Å². The molecule has 0 fully saturated rings. The Hall–Kier alpha value is -1.07. The first-order valence-electron chi connectivity index (χ1n) is 5.62. The quantitative estimate of drug-likeness (QED) is 0.497. The summed E-state index contributed by atoms with van der Waals surface area (Å²) in [4.78, 5) is 23.6. The second-order valence-corrected chi connectivity index (χ2v) is 5.07. The number of nitrogens with one attached hydrogen (secondary N) is 1. The summed E-state index contributed by atoms with van der Waals surface area (Å²) < 4.78 is 4.67. The number of carbonyl (C=O) groups excluding carboxylic acids is 2. The van der Waals surface area contributed by atoms with Crippen LogP contribution >= 0.6 is 22.9 Å². The van der Waals surface area contributed by atoms with Crippen LogP contribution in [0, 0.1) is 6.92 Å². The summed E-state index contributed by atoms with van der Waals surface area (Å²) in [5.74, 6) is 0.0222. The molecule has 1 amide bonds. The Morgan fingerprint density at radius 2 is 2.17 bits per heavy atom. The second-order valence-electron chi connectivity index (χ2n) is 3.81. The Bertz CT molecular complexity index is 431. The highest BCUT2D eigenvalue weighted by Crippen LogP contribution is 2.28. The van der Waals surface area contributed by atoms with Gasteiger partial charge in [0.15, 0.2) is 0 Å². The van der Waals surface area contributed by atoms with Gasteiger partial charge in [0.25, 0.3) is 0 Å². The summed E-state index contributed by atoms with van der Waals surface area (Å²) in [5, 5.41) is 4.58. The van der Waals surface area contributed by atoms with Crippen molar-refractivity contribution in [2.45, 2.75) is 26.2 Å². The van der Waals surface area contributed by atoms with Crippen LogP contribution in [0.25, 0.3) is 0 Å². The third-order valence-corrected chi connectivity index (χ3v) is 3.74. The lowest BCUT2D eigenvalue weighted by atomic mass is 10.2. The van der Waals surface area contributed by atoms with Gasteiger partial charge >= 0.3 is 5.97 Å². The lowest BCUT2D eigenvalue weighted by Crippen LogP contribution is -2.14. The zero-order valence-electron chi connectivity index (χ0n) is 10.4. The van der Waals surface area contributed by atoms with Crippen molar-refractivity contribution >= 4 is 40.5 Å². The molecule has 1 N–H and O–H groups in total. The average molecular weight is 290 g/mol. The summed E-state index contributed by atoms with van der Waals surface area (Å²) in [6.45, 7) is 1.84. The molecule has 0 radical (unpaired) electrons. The minimum absolute atomic E-state index is 0.105. The highest BCUT2D eigenvalue weighted by atomic mass is 35.5. The Balaban J connectivity index is 2.68. The molecule has 0 spiro atoms. The number of carbonyl (C=O) groups is 2. The zero-order valence-corrected chi connectivity index (χ0v) is 12.0. The Morgan fingerprint density at radius 1 is 1.44 bits per heavy atom. The summed E-state index contributed by atoms with van der Waals surface area (Å²) in [6, 6.07) is 0. The topological polar surface area (TPSA) is 55.4 Å². The number of esters is 1. The van der Waals surface area contributed by atoms with Crippen molar-refractivity contribution in [3.05, 3.63) is 15.8 Å². The number of halogens is 1. The van der Waals surface area contributed by atoms with Crippen molar-refractivity contribution in [2.75, 3.05) is 18.3 Å². The molecule has 0 unspecified atom stereocenters. The SMILES string of the molecule is COC(=O)c1scc(C)c1NC(=O)CCCCCl. The number of ether oxygens (including phenoxy) is 1. The van der Waals surface area contributed by atoms with Crippen LogP contribution in [0.5, 0.6) is 0 Å². The molecule has 0 aliphatic heterocycles. The molecule has 1 aromatic rings. The number of thiophene rings is 1. The largest absolute Gasteiger partial charge is 0.465 e. The van der Waals surface area contributed by atoms with Crippen molar-refractivity contribution in [3.63, 3.8) is 0 Å². The monoisotopic (exact) mass is 289 g/mol. The summed E-state index contributed by atoms with van der Waals surface area (Å²) in [5.41, 5.74) is 1.42. The van der Waals surface area contributed by atoms with E-state index in [0.717, 1.165) is 18.4 Å². The molecule has 1 heterocycles. The van der Waals surface area contributed by atoms with Crippen LogP contribution in [-0.2, 0) is 9.53 Å². The van der Waals surface area contributed by atoms with Gasteiger partial charge in [-0.25, -0.2) is 4.79 Å². The number of anilines is 1. The predicted octanol–water partition coefficient (Wildman–Crippen LogP) is 3.19. The number of rotatable bonds is 6. The molecule has 4 nitrogen and oxygen atoms in total. The molecule has 0 aromatic carbocycles. The van der Waals surface area contributed by atoms with Crippen molar-refractivity contribution in [1.82, 2.24) is 0 Å². The fourth-order valence-corrected chi connectivity index (χ4v) is 2.54. The molecular weight excluding hydrogens is 274 g/mol. The molecule has 0 saturated carbocycles. The van der Waals surface area contributed by atoms with Gasteiger partial charge in [-0.15, -0.1) is 22.9 Å². The smallest absolute Gasteiger partial charge is 0.350 e. The number of aryl methyl sites for hydroxylation is 1. The zero-order chi connectivity index (χ0) is 13.5. The predicted molar refractivity (Wildman–Crippen MR) is 73.6 cm³/mol. The number of hydrogen-bond donors (Lipinski definition) is 1. The lowest BCUT2D eigenvalue weighted by molar-refractivity contribution is -0.116.